The Morgan fingerprint density at radius 3 is 1.14 bits per heavy atom. The third-order valence-electron chi connectivity index (χ3n) is 11.4. The summed E-state index contributed by atoms with van der Waals surface area (Å²) in [6.07, 6.45) is 58.9. The van der Waals surface area contributed by atoms with Crippen molar-refractivity contribution >= 4 is 5.91 Å². The fourth-order valence-electron chi connectivity index (χ4n) is 7.61. The molecule has 0 saturated carbocycles. The van der Waals surface area contributed by atoms with E-state index in [-0.39, 0.29) is 18.9 Å². The van der Waals surface area contributed by atoms with Gasteiger partial charge in [-0.15, -0.1) is 0 Å². The molecule has 0 aromatic carbocycles. The van der Waals surface area contributed by atoms with Crippen molar-refractivity contribution in [3.63, 3.8) is 0 Å². The lowest BCUT2D eigenvalue weighted by molar-refractivity contribution is -0.124. The van der Waals surface area contributed by atoms with Crippen molar-refractivity contribution in [1.82, 2.24) is 5.32 Å². The molecular formula is C51H97NO4. The van der Waals surface area contributed by atoms with E-state index in [1.807, 2.05) is 6.08 Å². The number of aliphatic hydroxyl groups excluding tert-OH is 3. The Labute approximate surface area is 349 Å². The van der Waals surface area contributed by atoms with Crippen LogP contribution < -0.4 is 5.32 Å². The second kappa shape index (κ2) is 46.3. The molecule has 0 aromatic heterocycles. The lowest BCUT2D eigenvalue weighted by Gasteiger charge is -2.21. The third-order valence-corrected chi connectivity index (χ3v) is 11.4. The van der Waals surface area contributed by atoms with Gasteiger partial charge in [-0.05, 0) is 44.9 Å². The highest BCUT2D eigenvalue weighted by atomic mass is 16.3. The van der Waals surface area contributed by atoms with Gasteiger partial charge in [0.1, 0.15) is 0 Å². The van der Waals surface area contributed by atoms with Gasteiger partial charge in [-0.25, -0.2) is 0 Å². The monoisotopic (exact) mass is 788 g/mol. The average Bonchev–Trinajstić information content (AvgIpc) is 3.19. The summed E-state index contributed by atoms with van der Waals surface area (Å²) in [5, 5.41) is 33.2. The van der Waals surface area contributed by atoms with Gasteiger partial charge in [0.05, 0.1) is 31.3 Å². The van der Waals surface area contributed by atoms with Crippen LogP contribution in [0.4, 0.5) is 0 Å². The van der Waals surface area contributed by atoms with Crippen LogP contribution in [0.1, 0.15) is 258 Å². The van der Waals surface area contributed by atoms with Gasteiger partial charge in [-0.3, -0.25) is 4.79 Å². The summed E-state index contributed by atoms with van der Waals surface area (Å²) in [5.41, 5.74) is 0. The molecule has 330 valence electrons. The standard InChI is InChI=1S/C51H97NO4/c1-3-5-7-9-11-13-15-17-18-19-20-21-22-23-24-25-26-27-28-29-30-31-33-34-36-38-40-42-44-48(54)46-51(56)52-49(47-53)50(55)45-43-41-39-37-35-32-16-14-12-10-8-6-4-2/h12,14,35,37,43,45,48-50,53-55H,3-11,13,15-34,36,38-42,44,46-47H2,1-2H3,(H,52,56)/b14-12+,37-35+,45-43+. The number of unbranched alkanes of at least 4 members (excludes halogenated alkanes) is 32. The van der Waals surface area contributed by atoms with Crippen molar-refractivity contribution in [3.8, 4) is 0 Å². The summed E-state index contributed by atoms with van der Waals surface area (Å²) in [4.78, 5) is 12.4. The van der Waals surface area contributed by atoms with Crippen LogP contribution in [0, 0.1) is 0 Å². The first-order valence-corrected chi connectivity index (χ1v) is 24.8. The van der Waals surface area contributed by atoms with Crippen molar-refractivity contribution < 1.29 is 20.1 Å². The third kappa shape index (κ3) is 42.2. The van der Waals surface area contributed by atoms with Crippen molar-refractivity contribution in [2.45, 2.75) is 276 Å². The molecule has 0 spiro atoms. The molecule has 0 bridgehead atoms. The van der Waals surface area contributed by atoms with Crippen LogP contribution in [0.3, 0.4) is 0 Å². The maximum atomic E-state index is 12.4. The average molecular weight is 788 g/mol. The van der Waals surface area contributed by atoms with Crippen LogP contribution in [-0.4, -0.2) is 46.1 Å². The van der Waals surface area contributed by atoms with E-state index in [0.29, 0.717) is 6.42 Å². The Bertz CT molecular complexity index is 870. The molecule has 0 saturated heterocycles. The predicted octanol–water partition coefficient (Wildman–Crippen LogP) is 14.7. The summed E-state index contributed by atoms with van der Waals surface area (Å²) in [6.45, 7) is 4.18. The normalized spacial score (nSPS) is 13.7. The van der Waals surface area contributed by atoms with Gasteiger partial charge < -0.3 is 20.6 Å². The fraction of sp³-hybridized carbons (Fsp3) is 0.863. The van der Waals surface area contributed by atoms with E-state index in [9.17, 15) is 20.1 Å². The second-order valence-corrected chi connectivity index (χ2v) is 17.1. The summed E-state index contributed by atoms with van der Waals surface area (Å²) < 4.78 is 0. The molecule has 0 radical (unpaired) electrons. The molecule has 1 amide bonds. The zero-order valence-electron chi connectivity index (χ0n) is 37.5. The van der Waals surface area contributed by atoms with Crippen LogP contribution in [0.25, 0.3) is 0 Å². The fourth-order valence-corrected chi connectivity index (χ4v) is 7.61. The van der Waals surface area contributed by atoms with Gasteiger partial charge in [0, 0.05) is 0 Å². The van der Waals surface area contributed by atoms with E-state index in [0.717, 1.165) is 38.5 Å². The number of amides is 1. The molecule has 56 heavy (non-hydrogen) atoms. The number of carbonyl (C=O) groups excluding carboxylic acids is 1. The van der Waals surface area contributed by atoms with E-state index in [4.69, 9.17) is 0 Å². The Balaban J connectivity index is 3.54. The smallest absolute Gasteiger partial charge is 0.222 e. The van der Waals surface area contributed by atoms with Gasteiger partial charge >= 0.3 is 0 Å². The molecule has 0 rings (SSSR count). The largest absolute Gasteiger partial charge is 0.394 e. The lowest BCUT2D eigenvalue weighted by atomic mass is 10.0. The maximum absolute atomic E-state index is 12.4. The van der Waals surface area contributed by atoms with Gasteiger partial charge in [-0.2, -0.15) is 0 Å². The number of rotatable bonds is 45. The Morgan fingerprint density at radius 2 is 0.768 bits per heavy atom. The molecule has 0 heterocycles. The predicted molar refractivity (Wildman–Crippen MR) is 245 cm³/mol. The first-order valence-electron chi connectivity index (χ1n) is 24.8. The summed E-state index contributed by atoms with van der Waals surface area (Å²) >= 11 is 0. The van der Waals surface area contributed by atoms with Crippen molar-refractivity contribution in [3.05, 3.63) is 36.5 Å². The number of hydrogen-bond acceptors (Lipinski definition) is 4. The van der Waals surface area contributed by atoms with Crippen molar-refractivity contribution in [1.29, 1.82) is 0 Å². The quantitative estimate of drug-likeness (QED) is 0.0365. The van der Waals surface area contributed by atoms with E-state index in [1.54, 1.807) is 6.08 Å². The van der Waals surface area contributed by atoms with E-state index in [1.165, 1.54) is 193 Å². The van der Waals surface area contributed by atoms with Gasteiger partial charge in [0.15, 0.2) is 0 Å². The molecule has 3 atom stereocenters. The highest BCUT2D eigenvalue weighted by molar-refractivity contribution is 5.76. The SMILES string of the molecule is CCCCC/C=C/CC/C=C/CC/C=C/C(O)C(CO)NC(=O)CC(O)CCCCCCCCCCCCCCCCCCCCCCCCCCCCCC. The minimum atomic E-state index is -0.957. The Hall–Kier alpha value is -1.43. The molecule has 5 heteroatoms. The first kappa shape index (κ1) is 54.6. The van der Waals surface area contributed by atoms with Crippen LogP contribution in [0.2, 0.25) is 0 Å². The highest BCUT2D eigenvalue weighted by Crippen LogP contribution is 2.17. The zero-order chi connectivity index (χ0) is 40.8. The highest BCUT2D eigenvalue weighted by Gasteiger charge is 2.20. The molecule has 0 aromatic rings. The Kier molecular flexibility index (Phi) is 45.1. The van der Waals surface area contributed by atoms with E-state index in [2.05, 4.69) is 43.5 Å². The lowest BCUT2D eigenvalue weighted by Crippen LogP contribution is -2.45. The van der Waals surface area contributed by atoms with E-state index >= 15 is 0 Å². The Morgan fingerprint density at radius 1 is 0.446 bits per heavy atom. The summed E-state index contributed by atoms with van der Waals surface area (Å²) in [7, 11) is 0. The minimum Gasteiger partial charge on any atom is -0.394 e. The molecule has 0 aliphatic rings. The molecule has 0 fully saturated rings. The van der Waals surface area contributed by atoms with Gasteiger partial charge in [0.25, 0.3) is 0 Å². The van der Waals surface area contributed by atoms with Gasteiger partial charge in [-0.1, -0.05) is 243 Å². The number of carbonyl (C=O) groups is 1. The summed E-state index contributed by atoms with van der Waals surface area (Å²) in [5.74, 6) is -0.327. The molecule has 0 aliphatic carbocycles. The number of hydrogen-bond donors (Lipinski definition) is 4. The molecular weight excluding hydrogens is 691 g/mol. The van der Waals surface area contributed by atoms with Gasteiger partial charge in [0.2, 0.25) is 5.91 Å². The molecule has 5 nitrogen and oxygen atoms in total. The minimum absolute atomic E-state index is 0.00512. The second-order valence-electron chi connectivity index (χ2n) is 17.1. The molecule has 4 N–H and O–H groups in total. The summed E-state index contributed by atoms with van der Waals surface area (Å²) in [6, 6.07) is -0.765. The van der Waals surface area contributed by atoms with E-state index < -0.39 is 18.2 Å². The topological polar surface area (TPSA) is 89.8 Å². The maximum Gasteiger partial charge on any atom is 0.222 e. The molecule has 0 aliphatic heterocycles. The van der Waals surface area contributed by atoms with Crippen LogP contribution in [0.5, 0.6) is 0 Å². The van der Waals surface area contributed by atoms with Crippen LogP contribution in [-0.2, 0) is 4.79 Å². The van der Waals surface area contributed by atoms with Crippen LogP contribution in [0.15, 0.2) is 36.5 Å². The van der Waals surface area contributed by atoms with Crippen molar-refractivity contribution in [2.24, 2.45) is 0 Å². The first-order chi connectivity index (χ1) is 27.5. The van der Waals surface area contributed by atoms with Crippen LogP contribution >= 0.6 is 0 Å². The zero-order valence-corrected chi connectivity index (χ0v) is 37.5. The number of aliphatic hydroxyl groups is 3. The van der Waals surface area contributed by atoms with Crippen molar-refractivity contribution in [2.75, 3.05) is 6.61 Å². The number of allylic oxidation sites excluding steroid dienone is 5. The molecule has 3 unspecified atom stereocenters. The number of nitrogens with one attached hydrogen (secondary N) is 1.